The van der Waals surface area contributed by atoms with Crippen molar-refractivity contribution in [1.29, 1.82) is 0 Å². The number of nitrogens with two attached hydrogens (primary N) is 1. The zero-order valence-corrected chi connectivity index (χ0v) is 12.1. The number of ether oxygens (including phenoxy) is 1. The van der Waals surface area contributed by atoms with Crippen LogP contribution >= 0.6 is 12.2 Å². The van der Waals surface area contributed by atoms with Gasteiger partial charge >= 0.3 is 0 Å². The van der Waals surface area contributed by atoms with Gasteiger partial charge in [-0.05, 0) is 25.1 Å². The molecule has 0 aliphatic rings. The molecule has 2 rings (SSSR count). The molecule has 0 saturated heterocycles. The van der Waals surface area contributed by atoms with Crippen LogP contribution < -0.4 is 16.0 Å². The second-order valence-corrected chi connectivity index (χ2v) is 4.83. The molecule has 2 N–H and O–H groups in total. The Kier molecular flexibility index (Phi) is 4.14. The maximum atomic E-state index is 11.9. The van der Waals surface area contributed by atoms with Crippen molar-refractivity contribution >= 4 is 17.2 Å². The summed E-state index contributed by atoms with van der Waals surface area (Å²) >= 11 is 4.96. The minimum Gasteiger partial charge on any atom is -0.496 e. The molecule has 0 amide bonds. The molecule has 1 heterocycles. The maximum absolute atomic E-state index is 11.9. The highest BCUT2D eigenvalue weighted by Gasteiger charge is 2.08. The van der Waals surface area contributed by atoms with Crippen LogP contribution in [0.5, 0.6) is 5.75 Å². The fourth-order valence-electron chi connectivity index (χ4n) is 1.87. The monoisotopic (exact) mass is 289 g/mol. The highest BCUT2D eigenvalue weighted by molar-refractivity contribution is 7.80. The lowest BCUT2D eigenvalue weighted by Crippen LogP contribution is -2.21. The van der Waals surface area contributed by atoms with Crippen LogP contribution in [0.15, 0.2) is 35.4 Å². The summed E-state index contributed by atoms with van der Waals surface area (Å²) < 4.78 is 6.80. The van der Waals surface area contributed by atoms with E-state index in [2.05, 4.69) is 4.98 Å². The summed E-state index contributed by atoms with van der Waals surface area (Å²) in [6.45, 7) is 2.13. The standard InChI is InChI=1S/C14H15N3O2S/c1-9-5-13(18)17(8-16-9)7-11-6-10(14(15)20)3-4-12(11)19-2/h3-6,8H,7H2,1-2H3,(H2,15,20). The van der Waals surface area contributed by atoms with Crippen LogP contribution in [0.4, 0.5) is 0 Å². The Morgan fingerprint density at radius 1 is 1.45 bits per heavy atom. The number of methoxy groups -OCH3 is 1. The van der Waals surface area contributed by atoms with Crippen molar-refractivity contribution in [3.8, 4) is 5.75 Å². The van der Waals surface area contributed by atoms with E-state index in [1.807, 2.05) is 6.07 Å². The number of aryl methyl sites for hydroxylation is 1. The fraction of sp³-hybridized carbons (Fsp3) is 0.214. The van der Waals surface area contributed by atoms with Gasteiger partial charge in [-0.3, -0.25) is 9.36 Å². The van der Waals surface area contributed by atoms with Gasteiger partial charge in [-0.15, -0.1) is 0 Å². The molecular formula is C14H15N3O2S. The molecule has 0 fully saturated rings. The Balaban J connectivity index is 2.43. The predicted octanol–water partition coefficient (Wildman–Crippen LogP) is 1.24. The van der Waals surface area contributed by atoms with E-state index in [0.29, 0.717) is 23.0 Å². The summed E-state index contributed by atoms with van der Waals surface area (Å²) in [6.07, 6.45) is 1.52. The number of hydrogen-bond acceptors (Lipinski definition) is 4. The topological polar surface area (TPSA) is 70.1 Å². The quantitative estimate of drug-likeness (QED) is 0.858. The van der Waals surface area contributed by atoms with Crippen molar-refractivity contribution < 1.29 is 4.74 Å². The second-order valence-electron chi connectivity index (χ2n) is 4.39. The third-order valence-electron chi connectivity index (χ3n) is 2.92. The molecule has 0 unspecified atom stereocenters. The summed E-state index contributed by atoms with van der Waals surface area (Å²) in [6, 6.07) is 6.90. The molecule has 1 aromatic heterocycles. The molecule has 0 atom stereocenters. The van der Waals surface area contributed by atoms with E-state index in [4.69, 9.17) is 22.7 Å². The first-order valence-electron chi connectivity index (χ1n) is 6.01. The highest BCUT2D eigenvalue weighted by Crippen LogP contribution is 2.20. The summed E-state index contributed by atoms with van der Waals surface area (Å²) in [5, 5.41) is 0. The second kappa shape index (κ2) is 5.83. The Labute approximate surface area is 122 Å². The van der Waals surface area contributed by atoms with E-state index < -0.39 is 0 Å². The fourth-order valence-corrected chi connectivity index (χ4v) is 2.00. The average molecular weight is 289 g/mol. The van der Waals surface area contributed by atoms with Crippen LogP contribution in [-0.2, 0) is 6.54 Å². The van der Waals surface area contributed by atoms with Crippen molar-refractivity contribution in [2.24, 2.45) is 5.73 Å². The lowest BCUT2D eigenvalue weighted by molar-refractivity contribution is 0.408. The van der Waals surface area contributed by atoms with Gasteiger partial charge in [-0.2, -0.15) is 0 Å². The zero-order valence-electron chi connectivity index (χ0n) is 11.3. The molecule has 5 nitrogen and oxygen atoms in total. The van der Waals surface area contributed by atoms with E-state index >= 15 is 0 Å². The molecule has 104 valence electrons. The SMILES string of the molecule is COc1ccc(C(N)=S)cc1Cn1cnc(C)cc1=O. The van der Waals surface area contributed by atoms with Crippen molar-refractivity contribution in [2.75, 3.05) is 7.11 Å². The molecule has 0 spiro atoms. The average Bonchev–Trinajstić information content (AvgIpc) is 2.41. The van der Waals surface area contributed by atoms with E-state index in [1.54, 1.807) is 26.2 Å². The largest absolute Gasteiger partial charge is 0.496 e. The Morgan fingerprint density at radius 2 is 2.20 bits per heavy atom. The van der Waals surface area contributed by atoms with Crippen LogP contribution in [0, 0.1) is 6.92 Å². The normalized spacial score (nSPS) is 10.3. The summed E-state index contributed by atoms with van der Waals surface area (Å²) in [7, 11) is 1.58. The molecule has 20 heavy (non-hydrogen) atoms. The third-order valence-corrected chi connectivity index (χ3v) is 3.16. The molecule has 0 saturated carbocycles. The van der Waals surface area contributed by atoms with Crippen LogP contribution in [0.3, 0.4) is 0 Å². The van der Waals surface area contributed by atoms with E-state index in [0.717, 1.165) is 11.1 Å². The van der Waals surface area contributed by atoms with Gasteiger partial charge in [0.25, 0.3) is 5.56 Å². The Hall–Kier alpha value is -2.21. The number of benzene rings is 1. The number of rotatable bonds is 4. The van der Waals surface area contributed by atoms with Crippen molar-refractivity contribution in [1.82, 2.24) is 9.55 Å². The lowest BCUT2D eigenvalue weighted by atomic mass is 10.1. The molecule has 2 aromatic rings. The molecule has 1 aromatic carbocycles. The summed E-state index contributed by atoms with van der Waals surface area (Å²) in [5.74, 6) is 0.678. The highest BCUT2D eigenvalue weighted by atomic mass is 32.1. The Bertz CT molecular complexity index is 710. The van der Waals surface area contributed by atoms with Gasteiger partial charge in [-0.25, -0.2) is 4.98 Å². The van der Waals surface area contributed by atoms with E-state index in [1.165, 1.54) is 17.0 Å². The maximum Gasteiger partial charge on any atom is 0.253 e. The smallest absolute Gasteiger partial charge is 0.253 e. The molecule has 0 aliphatic carbocycles. The molecule has 6 heteroatoms. The number of hydrogen-bond donors (Lipinski definition) is 1. The van der Waals surface area contributed by atoms with Gasteiger partial charge in [0.2, 0.25) is 0 Å². The van der Waals surface area contributed by atoms with Crippen molar-refractivity contribution in [2.45, 2.75) is 13.5 Å². The molecular weight excluding hydrogens is 274 g/mol. The Morgan fingerprint density at radius 3 is 2.80 bits per heavy atom. The van der Waals surface area contributed by atoms with E-state index in [9.17, 15) is 4.79 Å². The zero-order chi connectivity index (χ0) is 14.7. The minimum absolute atomic E-state index is 0.111. The summed E-state index contributed by atoms with van der Waals surface area (Å²) in [5.41, 5.74) is 7.77. The van der Waals surface area contributed by atoms with Crippen LogP contribution in [0.2, 0.25) is 0 Å². The van der Waals surface area contributed by atoms with Crippen LogP contribution in [-0.4, -0.2) is 21.6 Å². The predicted molar refractivity (Wildman–Crippen MR) is 81.2 cm³/mol. The van der Waals surface area contributed by atoms with Gasteiger partial charge in [0, 0.05) is 22.9 Å². The van der Waals surface area contributed by atoms with Gasteiger partial charge in [-0.1, -0.05) is 12.2 Å². The van der Waals surface area contributed by atoms with Gasteiger partial charge in [0.1, 0.15) is 10.7 Å². The minimum atomic E-state index is -0.111. The van der Waals surface area contributed by atoms with Crippen LogP contribution in [0.25, 0.3) is 0 Å². The van der Waals surface area contributed by atoms with Gasteiger partial charge in [0.05, 0.1) is 20.0 Å². The molecule has 0 radical (unpaired) electrons. The number of aromatic nitrogens is 2. The molecule has 0 aliphatic heterocycles. The number of nitrogens with zero attached hydrogens (tertiary/aromatic N) is 2. The van der Waals surface area contributed by atoms with Crippen molar-refractivity contribution in [3.63, 3.8) is 0 Å². The molecule has 0 bridgehead atoms. The van der Waals surface area contributed by atoms with E-state index in [-0.39, 0.29) is 5.56 Å². The van der Waals surface area contributed by atoms with Gasteiger partial charge in [0.15, 0.2) is 0 Å². The first-order chi connectivity index (χ1) is 9.51. The van der Waals surface area contributed by atoms with Crippen LogP contribution in [0.1, 0.15) is 16.8 Å². The van der Waals surface area contributed by atoms with Gasteiger partial charge < -0.3 is 10.5 Å². The lowest BCUT2D eigenvalue weighted by Gasteiger charge is -2.11. The third kappa shape index (κ3) is 3.03. The van der Waals surface area contributed by atoms with Crippen molar-refractivity contribution in [3.05, 3.63) is 57.8 Å². The first-order valence-corrected chi connectivity index (χ1v) is 6.42. The first kappa shape index (κ1) is 14.2. The number of thiocarbonyl (C=S) groups is 1. The summed E-state index contributed by atoms with van der Waals surface area (Å²) in [4.78, 5) is 16.3.